The predicted octanol–water partition coefficient (Wildman–Crippen LogP) is 2.24. The van der Waals surface area contributed by atoms with E-state index >= 15 is 0 Å². The lowest BCUT2D eigenvalue weighted by molar-refractivity contribution is -0.122. The lowest BCUT2D eigenvalue weighted by atomic mass is 10.1. The Balaban J connectivity index is 1.97. The molecular weight excluding hydrogens is 372 g/mol. The van der Waals surface area contributed by atoms with Crippen LogP contribution in [0.5, 0.6) is 0 Å². The Hall–Kier alpha value is -2.36. The molecule has 0 saturated heterocycles. The summed E-state index contributed by atoms with van der Waals surface area (Å²) < 4.78 is 36.6. The second-order valence-electron chi connectivity index (χ2n) is 5.64. The number of fused-ring (bicyclic) bond motifs is 1. The van der Waals surface area contributed by atoms with Gasteiger partial charge in [-0.2, -0.15) is 13.5 Å². The van der Waals surface area contributed by atoms with Crippen LogP contribution < -0.4 is 10.0 Å². The molecule has 0 spiro atoms. The number of carbonyl (C=O) groups excluding carboxylic acids is 1. The van der Waals surface area contributed by atoms with E-state index in [1.165, 1.54) is 6.07 Å². The summed E-state index contributed by atoms with van der Waals surface area (Å²) in [6, 6.07) is 12.5. The summed E-state index contributed by atoms with van der Waals surface area (Å²) in [5, 5.41) is 2.75. The average Bonchev–Trinajstić information content (AvgIpc) is 3.13. The molecule has 0 fully saturated rings. The molecule has 0 aliphatic rings. The maximum atomic E-state index is 13.0. The first-order chi connectivity index (χ1) is 12.5. The third kappa shape index (κ3) is 3.90. The van der Waals surface area contributed by atoms with Crippen LogP contribution in [0, 0.1) is 0 Å². The van der Waals surface area contributed by atoms with Crippen molar-refractivity contribution in [2.45, 2.75) is 24.3 Å². The Morgan fingerprint density at radius 1 is 1.12 bits per heavy atom. The van der Waals surface area contributed by atoms with Gasteiger partial charge in [0.1, 0.15) is 22.0 Å². The molecule has 1 unspecified atom stereocenters. The van der Waals surface area contributed by atoms with Crippen molar-refractivity contribution in [3.05, 3.63) is 54.1 Å². The van der Waals surface area contributed by atoms with E-state index in [0.29, 0.717) is 23.1 Å². The minimum atomic E-state index is -3.98. The van der Waals surface area contributed by atoms with E-state index in [4.69, 9.17) is 0 Å². The molecule has 1 amide bonds. The van der Waals surface area contributed by atoms with Gasteiger partial charge < -0.3 is 5.32 Å². The average molecular weight is 390 g/mol. The molecule has 0 aliphatic carbocycles. The monoisotopic (exact) mass is 390 g/mol. The number of nitrogens with zero attached hydrogens (tertiary/aromatic N) is 2. The maximum absolute atomic E-state index is 13.0. The van der Waals surface area contributed by atoms with Gasteiger partial charge in [0.25, 0.3) is 0 Å². The molecule has 2 aromatic carbocycles. The number of carbonyl (C=O) groups is 1. The van der Waals surface area contributed by atoms with E-state index in [0.717, 1.165) is 18.1 Å². The fourth-order valence-corrected chi connectivity index (χ4v) is 4.44. The van der Waals surface area contributed by atoms with Crippen molar-refractivity contribution in [2.24, 2.45) is 0 Å². The quantitative estimate of drug-likeness (QED) is 0.644. The van der Waals surface area contributed by atoms with Crippen LogP contribution in [0.3, 0.4) is 0 Å². The van der Waals surface area contributed by atoms with E-state index in [1.807, 2.05) is 6.92 Å². The highest BCUT2D eigenvalue weighted by atomic mass is 32.2. The Morgan fingerprint density at radius 3 is 2.62 bits per heavy atom. The number of hydrogen-bond donors (Lipinski definition) is 2. The minimum Gasteiger partial charge on any atom is -0.354 e. The van der Waals surface area contributed by atoms with Gasteiger partial charge in [0.15, 0.2) is 0 Å². The van der Waals surface area contributed by atoms with Crippen molar-refractivity contribution in [1.82, 2.24) is 18.8 Å². The molecule has 0 radical (unpaired) electrons. The molecule has 0 aliphatic heterocycles. The van der Waals surface area contributed by atoms with Crippen LogP contribution in [0.2, 0.25) is 0 Å². The predicted molar refractivity (Wildman–Crippen MR) is 100 cm³/mol. The number of hydrogen-bond acceptors (Lipinski definition) is 6. The van der Waals surface area contributed by atoms with Crippen molar-refractivity contribution in [1.29, 1.82) is 0 Å². The standard InChI is InChI=1S/C17H18N4O3S2/c1-2-11-18-17(22)15(12-7-4-3-5-8-12)21-26(23,24)14-10-6-9-13-16(14)20-25-19-13/h3-10,15,21H,2,11H2,1H3,(H,18,22). The third-order valence-corrected chi connectivity index (χ3v) is 5.75. The first-order valence-corrected chi connectivity index (χ1v) is 10.3. The van der Waals surface area contributed by atoms with Crippen LogP contribution in [0.25, 0.3) is 11.0 Å². The van der Waals surface area contributed by atoms with E-state index in [-0.39, 0.29) is 4.90 Å². The normalized spacial score (nSPS) is 12.8. The third-order valence-electron chi connectivity index (χ3n) is 3.76. The van der Waals surface area contributed by atoms with Crippen LogP contribution in [0.1, 0.15) is 24.9 Å². The molecule has 2 N–H and O–H groups in total. The molecular formula is C17H18N4O3S2. The fraction of sp³-hybridized carbons (Fsp3) is 0.235. The van der Waals surface area contributed by atoms with Crippen molar-refractivity contribution in [2.75, 3.05) is 6.54 Å². The molecule has 136 valence electrons. The molecule has 0 bridgehead atoms. The Labute approximate surface area is 155 Å². The van der Waals surface area contributed by atoms with E-state index in [2.05, 4.69) is 18.8 Å². The first-order valence-electron chi connectivity index (χ1n) is 8.09. The lowest BCUT2D eigenvalue weighted by Crippen LogP contribution is -2.40. The minimum absolute atomic E-state index is 0.00738. The number of sulfonamides is 1. The van der Waals surface area contributed by atoms with Gasteiger partial charge in [-0.15, -0.1) is 0 Å². The summed E-state index contributed by atoms with van der Waals surface area (Å²) in [4.78, 5) is 12.6. The summed E-state index contributed by atoms with van der Waals surface area (Å²) in [7, 11) is -3.98. The van der Waals surface area contributed by atoms with Gasteiger partial charge >= 0.3 is 0 Å². The van der Waals surface area contributed by atoms with Crippen LogP contribution in [-0.2, 0) is 14.8 Å². The highest BCUT2D eigenvalue weighted by molar-refractivity contribution is 7.89. The van der Waals surface area contributed by atoms with Crippen LogP contribution in [0.4, 0.5) is 0 Å². The van der Waals surface area contributed by atoms with E-state index < -0.39 is 22.0 Å². The van der Waals surface area contributed by atoms with E-state index in [1.54, 1.807) is 42.5 Å². The summed E-state index contributed by atoms with van der Waals surface area (Å²) in [5.41, 5.74) is 1.36. The molecule has 0 saturated carbocycles. The molecule has 1 heterocycles. The van der Waals surface area contributed by atoms with Crippen LogP contribution in [0.15, 0.2) is 53.4 Å². The number of amides is 1. The molecule has 3 rings (SSSR count). The highest BCUT2D eigenvalue weighted by Crippen LogP contribution is 2.23. The van der Waals surface area contributed by atoms with Gasteiger partial charge in [0.05, 0.1) is 11.7 Å². The van der Waals surface area contributed by atoms with Gasteiger partial charge in [0, 0.05) is 6.54 Å². The van der Waals surface area contributed by atoms with Crippen molar-refractivity contribution in [3.63, 3.8) is 0 Å². The van der Waals surface area contributed by atoms with Crippen LogP contribution in [-0.4, -0.2) is 29.6 Å². The molecule has 9 heteroatoms. The second-order valence-corrected chi connectivity index (χ2v) is 7.85. The first kappa shape index (κ1) is 18.4. The maximum Gasteiger partial charge on any atom is 0.243 e. The highest BCUT2D eigenvalue weighted by Gasteiger charge is 2.28. The molecule has 3 aromatic rings. The Kier molecular flexibility index (Phi) is 5.60. The molecule has 1 atom stereocenters. The van der Waals surface area contributed by atoms with Gasteiger partial charge in [-0.3, -0.25) is 4.79 Å². The van der Waals surface area contributed by atoms with Gasteiger partial charge in [0.2, 0.25) is 15.9 Å². The zero-order valence-corrected chi connectivity index (χ0v) is 15.7. The SMILES string of the molecule is CCCNC(=O)C(NS(=O)(=O)c1cccc2nsnc12)c1ccccc1. The Morgan fingerprint density at radius 2 is 1.88 bits per heavy atom. The smallest absolute Gasteiger partial charge is 0.243 e. The van der Waals surface area contributed by atoms with Crippen LogP contribution >= 0.6 is 11.7 Å². The topological polar surface area (TPSA) is 101 Å². The zero-order chi connectivity index (χ0) is 18.6. The summed E-state index contributed by atoms with van der Waals surface area (Å²) >= 11 is 0.944. The van der Waals surface area contributed by atoms with E-state index in [9.17, 15) is 13.2 Å². The zero-order valence-electron chi connectivity index (χ0n) is 14.0. The fourth-order valence-electron chi connectivity index (χ4n) is 2.49. The largest absolute Gasteiger partial charge is 0.354 e. The van der Waals surface area contributed by atoms with Gasteiger partial charge in [-0.1, -0.05) is 43.3 Å². The number of nitrogens with one attached hydrogen (secondary N) is 2. The Bertz CT molecular complexity index is 1000. The second kappa shape index (κ2) is 7.90. The number of aromatic nitrogens is 2. The van der Waals surface area contributed by atoms with Gasteiger partial charge in [-0.25, -0.2) is 8.42 Å². The number of benzene rings is 2. The summed E-state index contributed by atoms with van der Waals surface area (Å²) in [6.45, 7) is 2.40. The summed E-state index contributed by atoms with van der Waals surface area (Å²) in [6.07, 6.45) is 0.754. The number of rotatable bonds is 7. The van der Waals surface area contributed by atoms with Gasteiger partial charge in [-0.05, 0) is 24.1 Å². The molecule has 1 aromatic heterocycles. The van der Waals surface area contributed by atoms with Crippen molar-refractivity contribution >= 4 is 38.7 Å². The molecule has 7 nitrogen and oxygen atoms in total. The summed E-state index contributed by atoms with van der Waals surface area (Å²) in [5.74, 6) is -0.398. The van der Waals surface area contributed by atoms with Crippen molar-refractivity contribution < 1.29 is 13.2 Å². The lowest BCUT2D eigenvalue weighted by Gasteiger charge is -2.19. The molecule has 26 heavy (non-hydrogen) atoms. The van der Waals surface area contributed by atoms with Crippen molar-refractivity contribution in [3.8, 4) is 0 Å².